The average molecular weight is 430 g/mol. The van der Waals surface area contributed by atoms with Crippen LogP contribution < -0.4 is 0 Å². The van der Waals surface area contributed by atoms with Gasteiger partial charge in [0.15, 0.2) is 5.54 Å². The predicted octanol–water partition coefficient (Wildman–Crippen LogP) is 4.56. The number of amides is 2. The van der Waals surface area contributed by atoms with Crippen LogP contribution in [0, 0.1) is 0 Å². The molecule has 32 heavy (non-hydrogen) atoms. The second kappa shape index (κ2) is 7.51. The van der Waals surface area contributed by atoms with Gasteiger partial charge in [0, 0.05) is 29.4 Å². The number of piperazine rings is 1. The topological polar surface area (TPSA) is 56.4 Å². The van der Waals surface area contributed by atoms with Crippen molar-refractivity contribution < 1.29 is 9.59 Å². The summed E-state index contributed by atoms with van der Waals surface area (Å²) in [6.07, 6.45) is 1.81. The van der Waals surface area contributed by atoms with Crippen molar-refractivity contribution in [1.82, 2.24) is 14.8 Å². The number of para-hydroxylation sites is 1. The summed E-state index contributed by atoms with van der Waals surface area (Å²) in [5.41, 5.74) is 4.47. The molecule has 3 atom stereocenters. The molecule has 1 N–H and O–H groups in total. The van der Waals surface area contributed by atoms with Gasteiger partial charge in [0.05, 0.1) is 5.69 Å². The first-order valence-electron chi connectivity index (χ1n) is 11.7. The Morgan fingerprint density at radius 1 is 1.09 bits per heavy atom. The normalized spacial score (nSPS) is 23.9. The molecule has 3 heterocycles. The lowest BCUT2D eigenvalue weighted by atomic mass is 9.76. The molecule has 2 aliphatic rings. The maximum atomic E-state index is 13.9. The molecule has 3 aromatic rings. The highest BCUT2D eigenvalue weighted by Crippen LogP contribution is 2.48. The largest absolute Gasteiger partial charge is 0.356 e. The SMILES string of the molecule is CCc1ccc([C@@H]2CN3C(=O)CN([C@@H](C)CC)C(=O)[C@]3(C)c3[nH]c4ccccc4c32)cc1. The van der Waals surface area contributed by atoms with Crippen molar-refractivity contribution in [2.24, 2.45) is 0 Å². The summed E-state index contributed by atoms with van der Waals surface area (Å²) in [5.74, 6) is 0.0537. The molecular formula is C27H31N3O2. The Morgan fingerprint density at radius 2 is 1.81 bits per heavy atom. The summed E-state index contributed by atoms with van der Waals surface area (Å²) >= 11 is 0. The third-order valence-electron chi connectivity index (χ3n) is 7.68. The van der Waals surface area contributed by atoms with Crippen LogP contribution in [0.3, 0.4) is 0 Å². The van der Waals surface area contributed by atoms with Crippen molar-refractivity contribution >= 4 is 22.7 Å². The van der Waals surface area contributed by atoms with Crippen LogP contribution in [0.5, 0.6) is 0 Å². The summed E-state index contributed by atoms with van der Waals surface area (Å²) in [6.45, 7) is 8.82. The Morgan fingerprint density at radius 3 is 2.50 bits per heavy atom. The standard InChI is InChI=1S/C27H31N3O2/c1-5-17(3)29-16-23(31)30-15-21(19-13-11-18(6-2)12-14-19)24-20-9-7-8-10-22(20)28-25(24)27(30,4)26(29)32/h7-14,17,21,28H,5-6,15-16H2,1-4H3/t17-,21-,27-/m0/s1. The number of carbonyl (C=O) groups is 2. The number of aromatic amines is 1. The maximum Gasteiger partial charge on any atom is 0.255 e. The van der Waals surface area contributed by atoms with Crippen LogP contribution >= 0.6 is 0 Å². The third kappa shape index (κ3) is 2.83. The molecule has 5 heteroatoms. The number of nitrogens with zero attached hydrogens (tertiary/aromatic N) is 2. The van der Waals surface area contributed by atoms with E-state index in [1.54, 1.807) is 4.90 Å². The first-order chi connectivity index (χ1) is 15.4. The zero-order valence-corrected chi connectivity index (χ0v) is 19.3. The lowest BCUT2D eigenvalue weighted by Crippen LogP contribution is -2.68. The molecule has 0 bridgehead atoms. The number of rotatable bonds is 4. The zero-order valence-electron chi connectivity index (χ0n) is 19.3. The number of fused-ring (bicyclic) bond motifs is 5. The van der Waals surface area contributed by atoms with Crippen molar-refractivity contribution in [3.05, 3.63) is 70.9 Å². The lowest BCUT2D eigenvalue weighted by Gasteiger charge is -2.52. The number of H-pyrrole nitrogens is 1. The number of carbonyl (C=O) groups excluding carboxylic acids is 2. The van der Waals surface area contributed by atoms with Crippen LogP contribution in [0.1, 0.15) is 62.4 Å². The molecule has 2 amide bonds. The molecule has 0 unspecified atom stereocenters. The first-order valence-corrected chi connectivity index (χ1v) is 11.7. The highest BCUT2D eigenvalue weighted by molar-refractivity contribution is 6.01. The molecule has 1 fully saturated rings. The molecule has 5 rings (SSSR count). The first kappa shape index (κ1) is 20.8. The van der Waals surface area contributed by atoms with Gasteiger partial charge in [0.2, 0.25) is 5.91 Å². The van der Waals surface area contributed by atoms with Crippen LogP contribution in [-0.4, -0.2) is 45.7 Å². The number of hydrogen-bond donors (Lipinski definition) is 1. The predicted molar refractivity (Wildman–Crippen MR) is 126 cm³/mol. The van der Waals surface area contributed by atoms with E-state index in [9.17, 15) is 9.59 Å². The van der Waals surface area contributed by atoms with E-state index in [4.69, 9.17) is 0 Å². The highest BCUT2D eigenvalue weighted by atomic mass is 16.2. The van der Waals surface area contributed by atoms with Crippen LogP contribution in [0.2, 0.25) is 0 Å². The van der Waals surface area contributed by atoms with Gasteiger partial charge < -0.3 is 14.8 Å². The number of nitrogens with one attached hydrogen (secondary N) is 1. The Balaban J connectivity index is 1.73. The second-order valence-corrected chi connectivity index (χ2v) is 9.37. The number of aryl methyl sites for hydroxylation is 1. The molecular weight excluding hydrogens is 398 g/mol. The molecule has 0 aliphatic carbocycles. The molecule has 166 valence electrons. The monoisotopic (exact) mass is 429 g/mol. The Kier molecular flexibility index (Phi) is 4.88. The Bertz CT molecular complexity index is 1200. The third-order valence-corrected chi connectivity index (χ3v) is 7.68. The summed E-state index contributed by atoms with van der Waals surface area (Å²) in [7, 11) is 0. The van der Waals surface area contributed by atoms with Gasteiger partial charge in [-0.1, -0.05) is 56.3 Å². The summed E-state index contributed by atoms with van der Waals surface area (Å²) in [5, 5.41) is 1.13. The van der Waals surface area contributed by atoms with Gasteiger partial charge in [-0.3, -0.25) is 9.59 Å². The van der Waals surface area contributed by atoms with Crippen molar-refractivity contribution in [3.63, 3.8) is 0 Å². The molecule has 0 radical (unpaired) electrons. The quantitative estimate of drug-likeness (QED) is 0.661. The summed E-state index contributed by atoms with van der Waals surface area (Å²) in [4.78, 5) is 34.5. The van der Waals surface area contributed by atoms with Gasteiger partial charge in [-0.2, -0.15) is 0 Å². The fourth-order valence-corrected chi connectivity index (χ4v) is 5.49. The van der Waals surface area contributed by atoms with E-state index < -0.39 is 5.54 Å². The van der Waals surface area contributed by atoms with Gasteiger partial charge in [-0.15, -0.1) is 0 Å². The summed E-state index contributed by atoms with van der Waals surface area (Å²) in [6, 6.07) is 17.0. The summed E-state index contributed by atoms with van der Waals surface area (Å²) < 4.78 is 0. The smallest absolute Gasteiger partial charge is 0.255 e. The Hall–Kier alpha value is -3.08. The molecule has 2 aliphatic heterocycles. The Labute approximate surface area is 189 Å². The van der Waals surface area contributed by atoms with E-state index in [-0.39, 0.29) is 30.3 Å². The fourth-order valence-electron chi connectivity index (χ4n) is 5.49. The lowest BCUT2D eigenvalue weighted by molar-refractivity contribution is -0.168. The van der Waals surface area contributed by atoms with E-state index in [2.05, 4.69) is 55.2 Å². The van der Waals surface area contributed by atoms with E-state index in [1.807, 2.05) is 30.9 Å². The van der Waals surface area contributed by atoms with Gasteiger partial charge in [-0.25, -0.2) is 0 Å². The maximum absolute atomic E-state index is 13.9. The molecule has 5 nitrogen and oxygen atoms in total. The van der Waals surface area contributed by atoms with Gasteiger partial charge in [-0.05, 0) is 49.4 Å². The number of hydrogen-bond acceptors (Lipinski definition) is 2. The van der Waals surface area contributed by atoms with Crippen LogP contribution in [0.4, 0.5) is 0 Å². The van der Waals surface area contributed by atoms with E-state index in [0.29, 0.717) is 6.54 Å². The molecule has 0 saturated carbocycles. The van der Waals surface area contributed by atoms with Gasteiger partial charge >= 0.3 is 0 Å². The molecule has 1 saturated heterocycles. The van der Waals surface area contributed by atoms with Crippen molar-refractivity contribution in [2.75, 3.05) is 13.1 Å². The van der Waals surface area contributed by atoms with Gasteiger partial charge in [0.1, 0.15) is 6.54 Å². The van der Waals surface area contributed by atoms with E-state index in [1.165, 1.54) is 11.1 Å². The van der Waals surface area contributed by atoms with E-state index in [0.717, 1.165) is 35.0 Å². The number of benzene rings is 2. The average Bonchev–Trinajstić information content (AvgIpc) is 3.22. The van der Waals surface area contributed by atoms with Crippen LogP contribution in [0.25, 0.3) is 10.9 Å². The minimum atomic E-state index is -1.02. The molecule has 2 aromatic carbocycles. The zero-order chi connectivity index (χ0) is 22.6. The molecule has 1 aromatic heterocycles. The van der Waals surface area contributed by atoms with E-state index >= 15 is 0 Å². The van der Waals surface area contributed by atoms with Crippen LogP contribution in [0.15, 0.2) is 48.5 Å². The van der Waals surface area contributed by atoms with Crippen molar-refractivity contribution in [1.29, 1.82) is 0 Å². The van der Waals surface area contributed by atoms with Crippen LogP contribution in [-0.2, 0) is 21.5 Å². The minimum Gasteiger partial charge on any atom is -0.356 e. The van der Waals surface area contributed by atoms with Crippen molar-refractivity contribution in [2.45, 2.75) is 58.0 Å². The number of aromatic nitrogens is 1. The van der Waals surface area contributed by atoms with Crippen molar-refractivity contribution in [3.8, 4) is 0 Å². The molecule has 0 spiro atoms. The second-order valence-electron chi connectivity index (χ2n) is 9.37. The van der Waals surface area contributed by atoms with Gasteiger partial charge in [0.25, 0.3) is 5.91 Å². The fraction of sp³-hybridized carbons (Fsp3) is 0.407. The minimum absolute atomic E-state index is 0.0130. The highest BCUT2D eigenvalue weighted by Gasteiger charge is 2.56.